The van der Waals surface area contributed by atoms with E-state index in [-0.39, 0.29) is 60.2 Å². The van der Waals surface area contributed by atoms with Crippen LogP contribution in [-0.2, 0) is 47.3 Å². The lowest BCUT2D eigenvalue weighted by Gasteiger charge is -2.47. The van der Waals surface area contributed by atoms with Gasteiger partial charge in [-0.2, -0.15) is 0 Å². The molecule has 0 aromatic carbocycles. The number of carbonyl (C=O) groups is 4. The zero-order chi connectivity index (χ0) is 50.2. The van der Waals surface area contributed by atoms with Crippen LogP contribution in [0.25, 0.3) is 0 Å². The number of fused-ring (bicyclic) bond motifs is 3. The maximum atomic E-state index is 15.0. The Morgan fingerprint density at radius 2 is 1.55 bits per heavy atom. The SMILES string of the molecule is C=CCC1/C=C(\C)CC(C)CC(OC)C2OC(O)(C(=O)C(=O)N3CCCCC3C(=O)OC(C(C)=CC3(Br)CCCC(OC)C3)C(C)C(O[Si](C(C)C)(C(C)C)C(C)C)CC1=O)C(C)CC2OC. The van der Waals surface area contributed by atoms with Crippen LogP contribution in [0.5, 0.6) is 0 Å². The minimum atomic E-state index is -2.66. The van der Waals surface area contributed by atoms with Gasteiger partial charge < -0.3 is 38.1 Å². The fraction of sp³-hybridized carbons (Fsp3) is 0.811. The number of amides is 1. The molecule has 2 bridgehead atoms. The van der Waals surface area contributed by atoms with E-state index in [0.717, 1.165) is 36.8 Å². The second-order valence-electron chi connectivity index (χ2n) is 21.7. The number of piperidine rings is 1. The Kier molecular flexibility index (Phi) is 21.4. The number of methoxy groups -OCH3 is 3. The van der Waals surface area contributed by atoms with Crippen LogP contribution >= 0.6 is 15.9 Å². The largest absolute Gasteiger partial charge is 0.456 e. The third-order valence-electron chi connectivity index (χ3n) is 15.8. The highest BCUT2D eigenvalue weighted by atomic mass is 79.9. The van der Waals surface area contributed by atoms with E-state index in [2.05, 4.69) is 83.1 Å². The molecule has 12 nitrogen and oxygen atoms in total. The van der Waals surface area contributed by atoms with Gasteiger partial charge in [-0.25, -0.2) is 4.79 Å². The van der Waals surface area contributed by atoms with Crippen molar-refractivity contribution in [1.29, 1.82) is 0 Å². The van der Waals surface area contributed by atoms with Gasteiger partial charge in [-0.1, -0.05) is 102 Å². The average molecular weight is 1020 g/mol. The fourth-order valence-electron chi connectivity index (χ4n) is 12.2. The summed E-state index contributed by atoms with van der Waals surface area (Å²) in [6, 6.07) is -1.11. The van der Waals surface area contributed by atoms with Crippen molar-refractivity contribution < 1.29 is 52.4 Å². The summed E-state index contributed by atoms with van der Waals surface area (Å²) in [7, 11) is 2.19. The van der Waals surface area contributed by atoms with E-state index in [1.807, 2.05) is 20.8 Å². The lowest BCUT2D eigenvalue weighted by Crippen LogP contribution is -2.64. The third kappa shape index (κ3) is 13.5. The van der Waals surface area contributed by atoms with Gasteiger partial charge in [0, 0.05) is 56.4 Å². The van der Waals surface area contributed by atoms with Gasteiger partial charge in [0.1, 0.15) is 24.0 Å². The number of hydrogen-bond donors (Lipinski definition) is 1. The van der Waals surface area contributed by atoms with E-state index < -0.39 is 90.4 Å². The maximum Gasteiger partial charge on any atom is 0.329 e. The Morgan fingerprint density at radius 3 is 2.13 bits per heavy atom. The molecule has 0 aromatic heterocycles. The van der Waals surface area contributed by atoms with Crippen LogP contribution in [0, 0.1) is 23.7 Å². The number of rotatable bonds is 12. The molecule has 4 rings (SSSR count). The standard InChI is InChI=1S/C53H88BrNO11Si/c1-16-20-40-26-35(8)25-36(9)27-45(62-14)48-46(63-15)28-38(11)53(60,65-48)49(57)50(58)55-24-18-17-22-42(55)51(59)64-47(37(10)30-52(54)23-19-21-41(31-52)61-13)39(12)44(29-43(40)56)66-67(32(2)3,33(4)5)34(6)7/h16,26,30,32-34,36,38-42,44-48,60H,1,17-25,27-29,31H2,2-15H3/b35-26+,37-30?. The number of cyclic esters (lactones) is 1. The van der Waals surface area contributed by atoms with Gasteiger partial charge in [-0.3, -0.25) is 14.4 Å². The molecule has 382 valence electrons. The summed E-state index contributed by atoms with van der Waals surface area (Å²) in [5, 5.41) is 12.3. The first kappa shape index (κ1) is 57.5. The highest BCUT2D eigenvalue weighted by Crippen LogP contribution is 2.46. The monoisotopic (exact) mass is 1020 g/mol. The summed E-state index contributed by atoms with van der Waals surface area (Å²) in [5.41, 5.74) is 2.45. The molecule has 0 radical (unpaired) electrons. The zero-order valence-electron chi connectivity index (χ0n) is 43.6. The minimum absolute atomic E-state index is 0.0250. The summed E-state index contributed by atoms with van der Waals surface area (Å²) in [4.78, 5) is 60.5. The Bertz CT molecular complexity index is 1750. The first-order valence-electron chi connectivity index (χ1n) is 25.3. The van der Waals surface area contributed by atoms with Crippen LogP contribution in [0.15, 0.2) is 36.0 Å². The molecule has 1 amide bonds. The molecule has 14 heteroatoms. The Hall–Kier alpha value is -2.04. The molecule has 1 saturated carbocycles. The molecular weight excluding hydrogens is 935 g/mol. The van der Waals surface area contributed by atoms with Crippen molar-refractivity contribution >= 4 is 47.7 Å². The van der Waals surface area contributed by atoms with Crippen LogP contribution < -0.4 is 0 Å². The molecule has 2 saturated heterocycles. The number of ether oxygens (including phenoxy) is 5. The number of carbonyl (C=O) groups excluding carboxylic acids is 4. The molecule has 0 aromatic rings. The number of hydrogen-bond acceptors (Lipinski definition) is 11. The van der Waals surface area contributed by atoms with E-state index in [0.29, 0.717) is 32.1 Å². The molecule has 1 N–H and O–H groups in total. The second-order valence-corrected chi connectivity index (χ2v) is 28.7. The topological polar surface area (TPSA) is 147 Å². The van der Waals surface area contributed by atoms with Gasteiger partial charge in [0.05, 0.1) is 24.4 Å². The van der Waals surface area contributed by atoms with E-state index >= 15 is 9.59 Å². The van der Waals surface area contributed by atoms with Crippen LogP contribution in [-0.4, -0.2) is 122 Å². The Balaban J connectivity index is 1.97. The van der Waals surface area contributed by atoms with Crippen molar-refractivity contribution in [2.75, 3.05) is 27.9 Å². The molecule has 4 aliphatic rings. The smallest absolute Gasteiger partial charge is 0.329 e. The van der Waals surface area contributed by atoms with Crippen molar-refractivity contribution in [1.82, 2.24) is 4.90 Å². The minimum Gasteiger partial charge on any atom is -0.456 e. The van der Waals surface area contributed by atoms with Crippen molar-refractivity contribution in [2.24, 2.45) is 23.7 Å². The predicted molar refractivity (Wildman–Crippen MR) is 269 cm³/mol. The maximum absolute atomic E-state index is 15.0. The van der Waals surface area contributed by atoms with Crippen LogP contribution in [0.2, 0.25) is 16.6 Å². The van der Waals surface area contributed by atoms with E-state index in [1.54, 1.807) is 34.3 Å². The molecule has 0 spiro atoms. The summed E-state index contributed by atoms with van der Waals surface area (Å²) >= 11 is 4.08. The quantitative estimate of drug-likeness (QED) is 0.0655. The number of Topliss-reactive ketones (excluding diaryl/α,β-unsaturated/α-hetero) is 2. The molecule has 13 atom stereocenters. The van der Waals surface area contributed by atoms with Gasteiger partial charge >= 0.3 is 5.97 Å². The Labute approximate surface area is 413 Å². The van der Waals surface area contributed by atoms with Gasteiger partial charge in [-0.05, 0) is 113 Å². The highest BCUT2D eigenvalue weighted by molar-refractivity contribution is 9.10. The van der Waals surface area contributed by atoms with Gasteiger partial charge in [0.25, 0.3) is 11.7 Å². The number of allylic oxidation sites excluding steroid dienone is 4. The normalized spacial score (nSPS) is 37.2. The van der Waals surface area contributed by atoms with Gasteiger partial charge in [0.2, 0.25) is 14.1 Å². The van der Waals surface area contributed by atoms with Crippen LogP contribution in [0.1, 0.15) is 153 Å². The summed E-state index contributed by atoms with van der Waals surface area (Å²) in [6.45, 7) is 27.3. The van der Waals surface area contributed by atoms with E-state index in [1.165, 1.54) is 4.90 Å². The number of alkyl halides is 1. The third-order valence-corrected chi connectivity index (χ3v) is 22.9. The number of ketones is 2. The fourth-order valence-corrected chi connectivity index (χ4v) is 18.9. The lowest BCUT2D eigenvalue weighted by atomic mass is 9.82. The molecule has 3 heterocycles. The molecule has 3 aliphatic heterocycles. The van der Waals surface area contributed by atoms with E-state index in [4.69, 9.17) is 28.1 Å². The molecule has 3 fully saturated rings. The Morgan fingerprint density at radius 1 is 0.925 bits per heavy atom. The predicted octanol–water partition coefficient (Wildman–Crippen LogP) is 10.4. The summed E-state index contributed by atoms with van der Waals surface area (Å²) in [6.07, 6.45) is 9.30. The van der Waals surface area contributed by atoms with Gasteiger partial charge in [-0.15, -0.1) is 6.58 Å². The molecule has 13 unspecified atom stereocenters. The first-order chi connectivity index (χ1) is 31.4. The second kappa shape index (κ2) is 24.9. The van der Waals surface area contributed by atoms with Crippen LogP contribution in [0.4, 0.5) is 0 Å². The molecule has 1 aliphatic carbocycles. The van der Waals surface area contributed by atoms with Crippen molar-refractivity contribution in [3.05, 3.63) is 36.0 Å². The zero-order valence-corrected chi connectivity index (χ0v) is 46.2. The summed E-state index contributed by atoms with van der Waals surface area (Å²) < 4.78 is 38.1. The number of esters is 1. The first-order valence-corrected chi connectivity index (χ1v) is 28.3. The summed E-state index contributed by atoms with van der Waals surface area (Å²) in [5.74, 6) is -7.02. The number of nitrogens with zero attached hydrogens (tertiary/aromatic N) is 1. The van der Waals surface area contributed by atoms with Crippen molar-refractivity contribution in [3.63, 3.8) is 0 Å². The molecular formula is C53H88BrNO11Si. The number of halogens is 1. The number of aliphatic hydroxyl groups is 1. The van der Waals surface area contributed by atoms with E-state index in [9.17, 15) is 14.7 Å². The molecule has 67 heavy (non-hydrogen) atoms. The highest BCUT2D eigenvalue weighted by Gasteiger charge is 2.57. The van der Waals surface area contributed by atoms with Crippen molar-refractivity contribution in [3.8, 4) is 0 Å². The lowest BCUT2D eigenvalue weighted by molar-refractivity contribution is -0.302. The van der Waals surface area contributed by atoms with Gasteiger partial charge in [0.15, 0.2) is 0 Å². The van der Waals surface area contributed by atoms with Crippen molar-refractivity contribution in [2.45, 2.75) is 223 Å². The average Bonchev–Trinajstić information content (AvgIpc) is 3.27. The van der Waals surface area contributed by atoms with Crippen LogP contribution in [0.3, 0.4) is 0 Å².